The fourth-order valence-electron chi connectivity index (χ4n) is 1.78. The Kier molecular flexibility index (Phi) is 3.62. The van der Waals surface area contributed by atoms with Gasteiger partial charge in [0.05, 0.1) is 7.11 Å². The second kappa shape index (κ2) is 5.17. The highest BCUT2D eigenvalue weighted by atomic mass is 79.9. The molecule has 0 saturated heterocycles. The van der Waals surface area contributed by atoms with Gasteiger partial charge < -0.3 is 4.74 Å². The number of hydrogen-bond acceptors (Lipinski definition) is 1. The van der Waals surface area contributed by atoms with Gasteiger partial charge in [-0.05, 0) is 5.56 Å². The van der Waals surface area contributed by atoms with Gasteiger partial charge in [-0.3, -0.25) is 0 Å². The van der Waals surface area contributed by atoms with Gasteiger partial charge in [-0.15, -0.1) is 0 Å². The highest BCUT2D eigenvalue weighted by molar-refractivity contribution is 9.08. The summed E-state index contributed by atoms with van der Waals surface area (Å²) in [4.78, 5) is 0. The lowest BCUT2D eigenvalue weighted by Crippen LogP contribution is -1.92. The Morgan fingerprint density at radius 2 is 1.75 bits per heavy atom. The van der Waals surface area contributed by atoms with Crippen LogP contribution in [0.4, 0.5) is 0 Å². The molecule has 0 aliphatic rings. The molecule has 0 aromatic heterocycles. The predicted molar refractivity (Wildman–Crippen MR) is 71.1 cm³/mol. The molecule has 2 aromatic carbocycles. The summed E-state index contributed by atoms with van der Waals surface area (Å²) in [5.74, 6) is 0.950. The van der Waals surface area contributed by atoms with Crippen LogP contribution in [0.1, 0.15) is 5.56 Å². The molecule has 0 saturated carbocycles. The van der Waals surface area contributed by atoms with Crippen molar-refractivity contribution in [2.45, 2.75) is 5.33 Å². The van der Waals surface area contributed by atoms with Crippen LogP contribution in [-0.4, -0.2) is 7.11 Å². The van der Waals surface area contributed by atoms with Crippen molar-refractivity contribution in [1.29, 1.82) is 0 Å². The Balaban J connectivity index is 2.57. The van der Waals surface area contributed by atoms with Gasteiger partial charge in [0.1, 0.15) is 5.75 Å². The Labute approximate surface area is 104 Å². The summed E-state index contributed by atoms with van der Waals surface area (Å²) in [5.41, 5.74) is 3.49. The summed E-state index contributed by atoms with van der Waals surface area (Å²) in [6, 6.07) is 16.5. The van der Waals surface area contributed by atoms with E-state index in [1.807, 2.05) is 18.2 Å². The van der Waals surface area contributed by atoms with E-state index < -0.39 is 0 Å². The molecule has 0 aliphatic heterocycles. The van der Waals surface area contributed by atoms with E-state index in [-0.39, 0.29) is 0 Å². The van der Waals surface area contributed by atoms with Crippen molar-refractivity contribution in [3.63, 3.8) is 0 Å². The van der Waals surface area contributed by atoms with E-state index in [1.165, 1.54) is 11.1 Å². The SMILES string of the molecule is COc1c(CBr)cccc1-c1ccccc1. The third-order valence-electron chi connectivity index (χ3n) is 2.53. The molecule has 1 nitrogen and oxygen atoms in total. The van der Waals surface area contributed by atoms with E-state index in [1.54, 1.807) is 7.11 Å². The Morgan fingerprint density at radius 1 is 1.00 bits per heavy atom. The number of ether oxygens (including phenoxy) is 1. The second-order valence-corrected chi connectivity index (χ2v) is 4.06. The van der Waals surface area contributed by atoms with Crippen LogP contribution in [0.3, 0.4) is 0 Å². The molecule has 0 N–H and O–H groups in total. The van der Waals surface area contributed by atoms with Crippen LogP contribution in [-0.2, 0) is 5.33 Å². The minimum atomic E-state index is 0.802. The molecule has 0 atom stereocenters. The van der Waals surface area contributed by atoms with Crippen LogP contribution in [0.5, 0.6) is 5.75 Å². The number of halogens is 1. The lowest BCUT2D eigenvalue weighted by molar-refractivity contribution is 0.413. The molecule has 82 valence electrons. The number of alkyl halides is 1. The molecule has 2 rings (SSSR count). The molecule has 0 unspecified atom stereocenters. The summed E-state index contributed by atoms with van der Waals surface area (Å²) >= 11 is 3.48. The maximum Gasteiger partial charge on any atom is 0.130 e. The van der Waals surface area contributed by atoms with Crippen LogP contribution in [0, 0.1) is 0 Å². The first-order valence-electron chi connectivity index (χ1n) is 5.14. The van der Waals surface area contributed by atoms with Gasteiger partial charge in [-0.2, -0.15) is 0 Å². The van der Waals surface area contributed by atoms with Gasteiger partial charge in [-0.1, -0.05) is 64.5 Å². The Hall–Kier alpha value is -1.28. The minimum Gasteiger partial charge on any atom is -0.496 e. The first kappa shape index (κ1) is 11.2. The third kappa shape index (κ3) is 2.12. The molecule has 0 aliphatic carbocycles. The van der Waals surface area contributed by atoms with E-state index >= 15 is 0 Å². The summed E-state index contributed by atoms with van der Waals surface area (Å²) in [6.45, 7) is 0. The van der Waals surface area contributed by atoms with Crippen molar-refractivity contribution in [3.8, 4) is 16.9 Å². The zero-order valence-electron chi connectivity index (χ0n) is 9.11. The molecular formula is C14H13BrO. The highest BCUT2D eigenvalue weighted by Crippen LogP contribution is 2.33. The molecule has 16 heavy (non-hydrogen) atoms. The van der Waals surface area contributed by atoms with Crippen LogP contribution in [0.25, 0.3) is 11.1 Å². The number of rotatable bonds is 3. The topological polar surface area (TPSA) is 9.23 Å². The van der Waals surface area contributed by atoms with Gasteiger partial charge in [-0.25, -0.2) is 0 Å². The van der Waals surface area contributed by atoms with Crippen molar-refractivity contribution in [2.75, 3.05) is 7.11 Å². The maximum absolute atomic E-state index is 5.49. The van der Waals surface area contributed by atoms with Crippen LogP contribution in [0.2, 0.25) is 0 Å². The zero-order valence-corrected chi connectivity index (χ0v) is 10.7. The van der Waals surface area contributed by atoms with Gasteiger partial charge in [0.2, 0.25) is 0 Å². The third-order valence-corrected chi connectivity index (χ3v) is 3.13. The molecule has 0 fully saturated rings. The average molecular weight is 277 g/mol. The summed E-state index contributed by atoms with van der Waals surface area (Å²) in [7, 11) is 1.72. The van der Waals surface area contributed by atoms with E-state index in [0.29, 0.717) is 0 Å². The predicted octanol–water partition coefficient (Wildman–Crippen LogP) is 4.26. The molecule has 2 heteroatoms. The first-order valence-corrected chi connectivity index (χ1v) is 6.26. The van der Waals surface area contributed by atoms with Crippen molar-refractivity contribution in [3.05, 3.63) is 54.1 Å². The number of para-hydroxylation sites is 1. The molecule has 0 heterocycles. The summed E-state index contributed by atoms with van der Waals surface area (Å²) < 4.78 is 5.49. The van der Waals surface area contributed by atoms with E-state index in [9.17, 15) is 0 Å². The molecule has 0 amide bonds. The van der Waals surface area contributed by atoms with Crippen molar-refractivity contribution < 1.29 is 4.74 Å². The van der Waals surface area contributed by atoms with Crippen molar-refractivity contribution >= 4 is 15.9 Å². The number of benzene rings is 2. The highest BCUT2D eigenvalue weighted by Gasteiger charge is 2.08. The number of hydrogen-bond donors (Lipinski definition) is 0. The van der Waals surface area contributed by atoms with Crippen molar-refractivity contribution in [2.24, 2.45) is 0 Å². The van der Waals surface area contributed by atoms with Crippen LogP contribution < -0.4 is 4.74 Å². The van der Waals surface area contributed by atoms with Gasteiger partial charge in [0, 0.05) is 16.5 Å². The lowest BCUT2D eigenvalue weighted by Gasteiger charge is -2.12. The second-order valence-electron chi connectivity index (χ2n) is 3.50. The maximum atomic E-state index is 5.49. The van der Waals surface area contributed by atoms with Gasteiger partial charge >= 0.3 is 0 Å². The fraction of sp³-hybridized carbons (Fsp3) is 0.143. The molecule has 0 bridgehead atoms. The summed E-state index contributed by atoms with van der Waals surface area (Å²) in [6.07, 6.45) is 0. The Morgan fingerprint density at radius 3 is 2.38 bits per heavy atom. The van der Waals surface area contributed by atoms with Crippen molar-refractivity contribution in [1.82, 2.24) is 0 Å². The first-order chi connectivity index (χ1) is 7.86. The fourth-order valence-corrected chi connectivity index (χ4v) is 2.22. The standard InChI is InChI=1S/C14H13BrO/c1-16-14-12(10-15)8-5-9-13(14)11-6-3-2-4-7-11/h2-9H,10H2,1H3. The molecule has 2 aromatic rings. The lowest BCUT2D eigenvalue weighted by atomic mass is 10.0. The number of methoxy groups -OCH3 is 1. The molecule has 0 spiro atoms. The normalized spacial score (nSPS) is 10.1. The van der Waals surface area contributed by atoms with E-state index in [2.05, 4.69) is 46.3 Å². The smallest absolute Gasteiger partial charge is 0.130 e. The average Bonchev–Trinajstić information content (AvgIpc) is 2.38. The largest absolute Gasteiger partial charge is 0.496 e. The monoisotopic (exact) mass is 276 g/mol. The van der Waals surface area contributed by atoms with Gasteiger partial charge in [0.15, 0.2) is 0 Å². The van der Waals surface area contributed by atoms with E-state index in [0.717, 1.165) is 16.6 Å². The Bertz CT molecular complexity index is 465. The van der Waals surface area contributed by atoms with Gasteiger partial charge in [0.25, 0.3) is 0 Å². The molecule has 0 radical (unpaired) electrons. The summed E-state index contributed by atoms with van der Waals surface area (Å²) in [5, 5.41) is 0.802. The molecular weight excluding hydrogens is 264 g/mol. The van der Waals surface area contributed by atoms with Crippen LogP contribution >= 0.6 is 15.9 Å². The van der Waals surface area contributed by atoms with E-state index in [4.69, 9.17) is 4.74 Å². The zero-order chi connectivity index (χ0) is 11.4. The van der Waals surface area contributed by atoms with Crippen LogP contribution in [0.15, 0.2) is 48.5 Å². The quantitative estimate of drug-likeness (QED) is 0.762. The minimum absolute atomic E-state index is 0.802.